The Balaban J connectivity index is 1.96. The molecule has 2 N–H and O–H groups in total. The first-order chi connectivity index (χ1) is 9.88. The number of aryl methyl sites for hydroxylation is 2. The minimum atomic E-state index is -0.917. The van der Waals surface area contributed by atoms with Crippen molar-refractivity contribution in [2.75, 3.05) is 6.54 Å². The molecule has 2 rings (SSSR count). The molecule has 2 heterocycles. The van der Waals surface area contributed by atoms with Crippen LogP contribution >= 0.6 is 11.3 Å². The molecule has 1 aromatic heterocycles. The molecule has 0 aliphatic carbocycles. The highest BCUT2D eigenvalue weighted by Crippen LogP contribution is 2.23. The molecule has 0 aromatic carbocycles. The van der Waals surface area contributed by atoms with Crippen LogP contribution in [0.25, 0.3) is 0 Å². The van der Waals surface area contributed by atoms with Crippen LogP contribution in [0.1, 0.15) is 35.1 Å². The zero-order valence-corrected chi connectivity index (χ0v) is 13.5. The summed E-state index contributed by atoms with van der Waals surface area (Å²) in [5.41, 5.74) is 1.22. The first-order valence-electron chi connectivity index (χ1n) is 7.21. The highest BCUT2D eigenvalue weighted by molar-refractivity contribution is 7.12. The number of aliphatic carboxylic acids is 1. The van der Waals surface area contributed by atoms with Gasteiger partial charge in [0.2, 0.25) is 0 Å². The van der Waals surface area contributed by atoms with Crippen molar-refractivity contribution in [2.45, 2.75) is 46.2 Å². The molecule has 0 bridgehead atoms. The summed E-state index contributed by atoms with van der Waals surface area (Å²) in [6, 6.07) is 1.08. The number of nitrogens with one attached hydrogen (secondary N) is 1. The summed E-state index contributed by atoms with van der Waals surface area (Å²) in [5.74, 6) is -0.572. The van der Waals surface area contributed by atoms with Crippen molar-refractivity contribution in [3.63, 3.8) is 0 Å². The standard InChI is InChI=1S/C15H22N2O3S/c1-9-4-5-17(13(6-9)14(18)19)15(20)16-8-12-7-10(2)11(3)21-12/h7,9,13H,4-6,8H2,1-3H3,(H,16,20)(H,18,19). The Morgan fingerprint density at radius 3 is 2.76 bits per heavy atom. The first-order valence-corrected chi connectivity index (χ1v) is 8.03. The Kier molecular flexibility index (Phi) is 4.88. The average Bonchev–Trinajstić information content (AvgIpc) is 2.75. The molecule has 2 unspecified atom stereocenters. The fraction of sp³-hybridized carbons (Fsp3) is 0.600. The van der Waals surface area contributed by atoms with E-state index in [1.165, 1.54) is 15.3 Å². The number of thiophene rings is 1. The van der Waals surface area contributed by atoms with Gasteiger partial charge in [-0.3, -0.25) is 0 Å². The molecule has 1 aliphatic rings. The number of piperidine rings is 1. The zero-order valence-electron chi connectivity index (χ0n) is 12.7. The summed E-state index contributed by atoms with van der Waals surface area (Å²) in [5, 5.41) is 12.1. The average molecular weight is 310 g/mol. The van der Waals surface area contributed by atoms with Gasteiger partial charge in [0.15, 0.2) is 0 Å². The van der Waals surface area contributed by atoms with Gasteiger partial charge in [0.25, 0.3) is 0 Å². The predicted octanol–water partition coefficient (Wildman–Crippen LogP) is 2.76. The highest BCUT2D eigenvalue weighted by Gasteiger charge is 2.34. The zero-order chi connectivity index (χ0) is 15.6. The number of hydrogen-bond donors (Lipinski definition) is 2. The normalized spacial score (nSPS) is 22.1. The van der Waals surface area contributed by atoms with E-state index in [1.54, 1.807) is 11.3 Å². The van der Waals surface area contributed by atoms with E-state index in [0.717, 1.165) is 11.3 Å². The maximum atomic E-state index is 12.2. The fourth-order valence-electron chi connectivity index (χ4n) is 2.62. The summed E-state index contributed by atoms with van der Waals surface area (Å²) in [7, 11) is 0. The van der Waals surface area contributed by atoms with Crippen LogP contribution in [0.2, 0.25) is 0 Å². The van der Waals surface area contributed by atoms with Crippen molar-refractivity contribution in [1.29, 1.82) is 0 Å². The summed E-state index contributed by atoms with van der Waals surface area (Å²) in [4.78, 5) is 27.4. The number of hydrogen-bond acceptors (Lipinski definition) is 3. The third kappa shape index (κ3) is 3.75. The van der Waals surface area contributed by atoms with Crippen LogP contribution < -0.4 is 5.32 Å². The molecule has 116 valence electrons. The summed E-state index contributed by atoms with van der Waals surface area (Å²) < 4.78 is 0. The van der Waals surface area contributed by atoms with Crippen molar-refractivity contribution in [3.8, 4) is 0 Å². The maximum absolute atomic E-state index is 12.2. The van der Waals surface area contributed by atoms with Crippen molar-refractivity contribution in [3.05, 3.63) is 21.4 Å². The number of carbonyl (C=O) groups excluding carboxylic acids is 1. The van der Waals surface area contributed by atoms with Crippen LogP contribution in [0.4, 0.5) is 4.79 Å². The Morgan fingerprint density at radius 2 is 2.19 bits per heavy atom. The van der Waals surface area contributed by atoms with Crippen molar-refractivity contribution in [1.82, 2.24) is 10.2 Å². The molecular formula is C15H22N2O3S. The highest BCUT2D eigenvalue weighted by atomic mass is 32.1. The number of carboxylic acid groups (broad SMARTS) is 1. The lowest BCUT2D eigenvalue weighted by atomic mass is 9.93. The number of carboxylic acids is 1. The maximum Gasteiger partial charge on any atom is 0.326 e. The lowest BCUT2D eigenvalue weighted by Gasteiger charge is -2.35. The minimum Gasteiger partial charge on any atom is -0.480 e. The molecule has 1 fully saturated rings. The summed E-state index contributed by atoms with van der Waals surface area (Å²) >= 11 is 1.66. The summed E-state index contributed by atoms with van der Waals surface area (Å²) in [6.07, 6.45) is 1.38. The first kappa shape index (κ1) is 15.8. The van der Waals surface area contributed by atoms with Crippen molar-refractivity contribution >= 4 is 23.3 Å². The smallest absolute Gasteiger partial charge is 0.326 e. The monoisotopic (exact) mass is 310 g/mol. The molecule has 0 radical (unpaired) electrons. The Labute approximate surface area is 129 Å². The van der Waals surface area contributed by atoms with E-state index >= 15 is 0 Å². The molecule has 1 aromatic rings. The number of urea groups is 1. The third-order valence-electron chi connectivity index (χ3n) is 4.04. The van der Waals surface area contributed by atoms with Gasteiger partial charge in [-0.25, -0.2) is 9.59 Å². The Hall–Kier alpha value is -1.56. The Morgan fingerprint density at radius 1 is 1.48 bits per heavy atom. The molecule has 0 saturated carbocycles. The topological polar surface area (TPSA) is 69.6 Å². The van der Waals surface area contributed by atoms with E-state index in [0.29, 0.717) is 25.4 Å². The Bertz CT molecular complexity index is 522. The molecule has 2 atom stereocenters. The van der Waals surface area contributed by atoms with Crippen molar-refractivity contribution in [2.24, 2.45) is 5.92 Å². The SMILES string of the molecule is Cc1cc(CNC(=O)N2CCC(C)CC2C(=O)O)sc1C. The van der Waals surface area contributed by atoms with E-state index in [1.807, 2.05) is 13.8 Å². The van der Waals surface area contributed by atoms with E-state index in [9.17, 15) is 14.7 Å². The second-order valence-corrected chi connectivity index (χ2v) is 7.13. The molecule has 1 aliphatic heterocycles. The number of amides is 2. The van der Waals surface area contributed by atoms with Gasteiger partial charge in [0.1, 0.15) is 6.04 Å². The van der Waals surface area contributed by atoms with Crippen LogP contribution in [-0.4, -0.2) is 34.6 Å². The van der Waals surface area contributed by atoms with Gasteiger partial charge >= 0.3 is 12.0 Å². The molecule has 5 nitrogen and oxygen atoms in total. The van der Waals surface area contributed by atoms with Gasteiger partial charge in [0, 0.05) is 16.3 Å². The second-order valence-electron chi connectivity index (χ2n) is 5.79. The van der Waals surface area contributed by atoms with Crippen LogP contribution in [0, 0.1) is 19.8 Å². The van der Waals surface area contributed by atoms with Gasteiger partial charge in [0.05, 0.1) is 6.54 Å². The molecule has 1 saturated heterocycles. The lowest BCUT2D eigenvalue weighted by Crippen LogP contribution is -2.53. The fourth-order valence-corrected chi connectivity index (χ4v) is 3.61. The number of nitrogens with zero attached hydrogens (tertiary/aromatic N) is 1. The molecular weight excluding hydrogens is 288 g/mol. The van der Waals surface area contributed by atoms with E-state index in [4.69, 9.17) is 0 Å². The predicted molar refractivity (Wildman–Crippen MR) is 82.6 cm³/mol. The second kappa shape index (κ2) is 6.47. The number of carbonyl (C=O) groups is 2. The van der Waals surface area contributed by atoms with Gasteiger partial charge in [-0.05, 0) is 44.2 Å². The summed E-state index contributed by atoms with van der Waals surface area (Å²) in [6.45, 7) is 7.09. The van der Waals surface area contributed by atoms with E-state index in [2.05, 4.69) is 18.3 Å². The van der Waals surface area contributed by atoms with Crippen LogP contribution in [-0.2, 0) is 11.3 Å². The van der Waals surface area contributed by atoms with Gasteiger partial charge in [-0.1, -0.05) is 6.92 Å². The van der Waals surface area contributed by atoms with E-state index < -0.39 is 12.0 Å². The molecule has 0 spiro atoms. The molecule has 6 heteroatoms. The van der Waals surface area contributed by atoms with Gasteiger partial charge in [-0.15, -0.1) is 11.3 Å². The van der Waals surface area contributed by atoms with Crippen LogP contribution in [0.5, 0.6) is 0 Å². The minimum absolute atomic E-state index is 0.280. The molecule has 21 heavy (non-hydrogen) atoms. The molecule has 2 amide bonds. The van der Waals surface area contributed by atoms with E-state index in [-0.39, 0.29) is 6.03 Å². The number of rotatable bonds is 3. The number of likely N-dealkylation sites (tertiary alicyclic amines) is 1. The van der Waals surface area contributed by atoms with Crippen molar-refractivity contribution < 1.29 is 14.7 Å². The lowest BCUT2D eigenvalue weighted by molar-refractivity contribution is -0.143. The van der Waals surface area contributed by atoms with Crippen LogP contribution in [0.3, 0.4) is 0 Å². The van der Waals surface area contributed by atoms with Crippen LogP contribution in [0.15, 0.2) is 6.07 Å². The van der Waals surface area contributed by atoms with Gasteiger partial charge in [-0.2, -0.15) is 0 Å². The quantitative estimate of drug-likeness (QED) is 0.902. The van der Waals surface area contributed by atoms with Gasteiger partial charge < -0.3 is 15.3 Å². The third-order valence-corrected chi connectivity index (χ3v) is 5.19. The largest absolute Gasteiger partial charge is 0.480 e.